The number of nitrogens with one attached hydrogen (secondary N) is 2. The summed E-state index contributed by atoms with van der Waals surface area (Å²) < 4.78 is 1.76. The number of anilines is 1. The zero-order chi connectivity index (χ0) is 16.8. The number of benzene rings is 1. The number of aliphatic hydroxyl groups is 1. The van der Waals surface area contributed by atoms with Crippen LogP contribution in [0.1, 0.15) is 17.2 Å². The molecular weight excluding hydrogens is 324 g/mol. The minimum Gasteiger partial charge on any atom is -0.387 e. The Balaban J connectivity index is 1.48. The summed E-state index contributed by atoms with van der Waals surface area (Å²) in [5.74, 6) is 0. The number of aliphatic hydroxyl groups excluding tert-OH is 1. The fourth-order valence-corrected chi connectivity index (χ4v) is 2.94. The molecule has 0 unspecified atom stereocenters. The highest BCUT2D eigenvalue weighted by atomic mass is 32.1. The highest BCUT2D eigenvalue weighted by molar-refractivity contribution is 7.07. The van der Waals surface area contributed by atoms with E-state index in [4.69, 9.17) is 0 Å². The number of hydrogen-bond donors (Lipinski definition) is 3. The van der Waals surface area contributed by atoms with E-state index < -0.39 is 6.10 Å². The summed E-state index contributed by atoms with van der Waals surface area (Å²) in [6.07, 6.45) is 2.66. The standard InChI is InChI=1S/C17H18N4O2S/c22-16(14-6-7-24-12-14)9-18-17(23)20-15-8-19-21(11-15)10-13-4-2-1-3-5-13/h1-8,11-12,16,22H,9-10H2,(H2,18,20,23)/t16-/m0/s1. The molecule has 1 aromatic carbocycles. The lowest BCUT2D eigenvalue weighted by Crippen LogP contribution is -2.32. The molecule has 24 heavy (non-hydrogen) atoms. The van der Waals surface area contributed by atoms with Crippen LogP contribution in [-0.4, -0.2) is 27.5 Å². The highest BCUT2D eigenvalue weighted by Gasteiger charge is 2.10. The summed E-state index contributed by atoms with van der Waals surface area (Å²) in [6.45, 7) is 0.793. The van der Waals surface area contributed by atoms with E-state index in [1.54, 1.807) is 17.1 Å². The first-order valence-corrected chi connectivity index (χ1v) is 8.46. The molecule has 0 saturated heterocycles. The minimum absolute atomic E-state index is 0.153. The van der Waals surface area contributed by atoms with Crippen LogP contribution in [0.4, 0.5) is 10.5 Å². The van der Waals surface area contributed by atoms with Crippen LogP contribution in [0.15, 0.2) is 59.6 Å². The van der Waals surface area contributed by atoms with Crippen molar-refractivity contribution in [3.8, 4) is 0 Å². The molecule has 0 aliphatic rings. The maximum absolute atomic E-state index is 11.9. The van der Waals surface area contributed by atoms with Gasteiger partial charge in [0.15, 0.2) is 0 Å². The van der Waals surface area contributed by atoms with Gasteiger partial charge in [0.2, 0.25) is 0 Å². The number of thiophene rings is 1. The van der Waals surface area contributed by atoms with Gasteiger partial charge in [-0.3, -0.25) is 4.68 Å². The first-order valence-electron chi connectivity index (χ1n) is 7.52. The van der Waals surface area contributed by atoms with Gasteiger partial charge < -0.3 is 15.7 Å². The van der Waals surface area contributed by atoms with E-state index in [-0.39, 0.29) is 12.6 Å². The van der Waals surface area contributed by atoms with Crippen LogP contribution in [0.3, 0.4) is 0 Å². The van der Waals surface area contributed by atoms with Crippen molar-refractivity contribution in [2.45, 2.75) is 12.6 Å². The van der Waals surface area contributed by atoms with Crippen LogP contribution in [0, 0.1) is 0 Å². The first-order chi connectivity index (χ1) is 11.7. The topological polar surface area (TPSA) is 79.2 Å². The highest BCUT2D eigenvalue weighted by Crippen LogP contribution is 2.15. The lowest BCUT2D eigenvalue weighted by Gasteiger charge is -2.10. The Bertz CT molecular complexity index is 771. The summed E-state index contributed by atoms with van der Waals surface area (Å²) in [5, 5.41) is 23.3. The molecule has 3 rings (SSSR count). The summed E-state index contributed by atoms with van der Waals surface area (Å²) in [4.78, 5) is 11.9. The molecule has 0 aliphatic heterocycles. The lowest BCUT2D eigenvalue weighted by molar-refractivity contribution is 0.175. The lowest BCUT2D eigenvalue weighted by atomic mass is 10.2. The van der Waals surface area contributed by atoms with Gasteiger partial charge in [0.25, 0.3) is 0 Å². The fraction of sp³-hybridized carbons (Fsp3) is 0.176. The third-order valence-electron chi connectivity index (χ3n) is 3.46. The fourth-order valence-electron chi connectivity index (χ4n) is 2.23. The zero-order valence-corrected chi connectivity index (χ0v) is 13.7. The number of nitrogens with zero attached hydrogens (tertiary/aromatic N) is 2. The molecule has 0 spiro atoms. The van der Waals surface area contributed by atoms with Gasteiger partial charge in [-0.15, -0.1) is 0 Å². The van der Waals surface area contributed by atoms with Gasteiger partial charge in [-0.2, -0.15) is 16.4 Å². The molecule has 3 aromatic rings. The number of urea groups is 1. The predicted molar refractivity (Wildman–Crippen MR) is 94.1 cm³/mol. The molecule has 7 heteroatoms. The van der Waals surface area contributed by atoms with Crippen LogP contribution in [0.5, 0.6) is 0 Å². The van der Waals surface area contributed by atoms with Gasteiger partial charge in [-0.1, -0.05) is 30.3 Å². The van der Waals surface area contributed by atoms with Gasteiger partial charge >= 0.3 is 6.03 Å². The molecule has 0 radical (unpaired) electrons. The van der Waals surface area contributed by atoms with Crippen LogP contribution in [0.25, 0.3) is 0 Å². The molecule has 1 atom stereocenters. The second kappa shape index (κ2) is 7.76. The molecule has 124 valence electrons. The van der Waals surface area contributed by atoms with Gasteiger partial charge in [-0.25, -0.2) is 4.79 Å². The van der Waals surface area contributed by atoms with Crippen molar-refractivity contribution in [1.29, 1.82) is 0 Å². The number of aromatic nitrogens is 2. The van der Waals surface area contributed by atoms with Crippen LogP contribution in [-0.2, 0) is 6.54 Å². The van der Waals surface area contributed by atoms with Crippen molar-refractivity contribution in [2.24, 2.45) is 0 Å². The summed E-state index contributed by atoms with van der Waals surface area (Å²) in [6, 6.07) is 11.4. The molecule has 2 amide bonds. The summed E-state index contributed by atoms with van der Waals surface area (Å²) in [5.41, 5.74) is 2.54. The van der Waals surface area contributed by atoms with Crippen LogP contribution >= 0.6 is 11.3 Å². The SMILES string of the molecule is O=C(NC[C@H](O)c1ccsc1)Nc1cnn(Cc2ccccc2)c1. The van der Waals surface area contributed by atoms with E-state index >= 15 is 0 Å². The predicted octanol–water partition coefficient (Wildman–Crippen LogP) is 2.85. The molecule has 6 nitrogen and oxygen atoms in total. The Kier molecular flexibility index (Phi) is 5.25. The number of rotatable bonds is 6. The molecule has 3 N–H and O–H groups in total. The van der Waals surface area contributed by atoms with E-state index in [0.717, 1.165) is 11.1 Å². The number of amides is 2. The van der Waals surface area contributed by atoms with E-state index in [2.05, 4.69) is 15.7 Å². The Morgan fingerprint density at radius 3 is 2.88 bits per heavy atom. The molecule has 0 bridgehead atoms. The Labute approximate surface area is 143 Å². The third-order valence-corrected chi connectivity index (χ3v) is 4.16. The normalized spacial score (nSPS) is 11.9. The quantitative estimate of drug-likeness (QED) is 0.644. The van der Waals surface area contributed by atoms with Crippen molar-refractivity contribution >= 4 is 23.1 Å². The zero-order valence-electron chi connectivity index (χ0n) is 12.9. The summed E-state index contributed by atoms with van der Waals surface area (Å²) >= 11 is 1.51. The van der Waals surface area contributed by atoms with Crippen LogP contribution in [0.2, 0.25) is 0 Å². The monoisotopic (exact) mass is 342 g/mol. The van der Waals surface area contributed by atoms with Gasteiger partial charge in [0, 0.05) is 12.7 Å². The first kappa shape index (κ1) is 16.2. The van der Waals surface area contributed by atoms with Crippen molar-refractivity contribution < 1.29 is 9.90 Å². The Morgan fingerprint density at radius 1 is 1.29 bits per heavy atom. The molecule has 2 aromatic heterocycles. The molecule has 0 saturated carbocycles. The van der Waals surface area contributed by atoms with Gasteiger partial charge in [0.05, 0.1) is 24.5 Å². The number of carbonyl (C=O) groups is 1. The second-order valence-electron chi connectivity index (χ2n) is 5.32. The number of carbonyl (C=O) groups excluding carboxylic acids is 1. The van der Waals surface area contributed by atoms with Crippen molar-refractivity contribution in [3.63, 3.8) is 0 Å². The Hall–Kier alpha value is -2.64. The van der Waals surface area contributed by atoms with Gasteiger partial charge in [-0.05, 0) is 28.0 Å². The molecule has 0 fully saturated rings. The number of hydrogen-bond acceptors (Lipinski definition) is 4. The molecule has 0 aliphatic carbocycles. The maximum atomic E-state index is 11.9. The van der Waals surface area contributed by atoms with E-state index in [0.29, 0.717) is 12.2 Å². The molecular formula is C17H18N4O2S. The molecule has 2 heterocycles. The third kappa shape index (κ3) is 4.43. The van der Waals surface area contributed by atoms with Crippen molar-refractivity contribution in [2.75, 3.05) is 11.9 Å². The second-order valence-corrected chi connectivity index (χ2v) is 6.10. The van der Waals surface area contributed by atoms with E-state index in [1.165, 1.54) is 11.3 Å². The summed E-state index contributed by atoms with van der Waals surface area (Å²) in [7, 11) is 0. The minimum atomic E-state index is -0.706. The van der Waals surface area contributed by atoms with Gasteiger partial charge in [0.1, 0.15) is 0 Å². The van der Waals surface area contributed by atoms with E-state index in [1.807, 2.05) is 47.2 Å². The largest absolute Gasteiger partial charge is 0.387 e. The van der Waals surface area contributed by atoms with Crippen molar-refractivity contribution in [3.05, 3.63) is 70.7 Å². The average molecular weight is 342 g/mol. The average Bonchev–Trinajstić information content (AvgIpc) is 3.26. The Morgan fingerprint density at radius 2 is 2.12 bits per heavy atom. The smallest absolute Gasteiger partial charge is 0.319 e. The van der Waals surface area contributed by atoms with Crippen molar-refractivity contribution in [1.82, 2.24) is 15.1 Å². The van der Waals surface area contributed by atoms with Crippen LogP contribution < -0.4 is 10.6 Å². The maximum Gasteiger partial charge on any atom is 0.319 e. The van der Waals surface area contributed by atoms with E-state index in [9.17, 15) is 9.90 Å².